The normalized spacial score (nSPS) is 10.3. The molecule has 0 unspecified atom stereocenters. The summed E-state index contributed by atoms with van der Waals surface area (Å²) in [5.41, 5.74) is 3.35. The Morgan fingerprint density at radius 2 is 2.00 bits per heavy atom. The van der Waals surface area contributed by atoms with Gasteiger partial charge in [0.1, 0.15) is 0 Å². The molecule has 0 spiro atoms. The van der Waals surface area contributed by atoms with Crippen LogP contribution in [0.3, 0.4) is 0 Å². The monoisotopic (exact) mass is 369 g/mol. The molecular formula is C15H16INO2. The second-order valence-corrected chi connectivity index (χ2v) is 5.49. The first-order valence-electron chi connectivity index (χ1n) is 5.96. The van der Waals surface area contributed by atoms with E-state index in [0.717, 1.165) is 11.3 Å². The Hall–Kier alpha value is -1.43. The average molecular weight is 369 g/mol. The molecule has 19 heavy (non-hydrogen) atoms. The van der Waals surface area contributed by atoms with Crippen molar-refractivity contribution in [3.05, 3.63) is 51.1 Å². The molecule has 2 N–H and O–H groups in total. The summed E-state index contributed by atoms with van der Waals surface area (Å²) in [6.07, 6.45) is 0. The predicted molar refractivity (Wildman–Crippen MR) is 85.9 cm³/mol. The van der Waals surface area contributed by atoms with Gasteiger partial charge in [-0.1, -0.05) is 12.1 Å². The van der Waals surface area contributed by atoms with Crippen molar-refractivity contribution in [1.29, 1.82) is 0 Å². The Bertz CT molecular complexity index is 584. The SMILES string of the molecule is COc1ccc(CNc2ccc(C)c(I)c2)cc1O. The standard InChI is InChI=1S/C15H16INO2/c1-10-3-5-12(8-13(10)16)17-9-11-4-6-15(19-2)14(18)7-11/h3-8,17-18H,9H2,1-2H3. The van der Waals surface area contributed by atoms with Crippen LogP contribution >= 0.6 is 22.6 Å². The van der Waals surface area contributed by atoms with Gasteiger partial charge < -0.3 is 15.2 Å². The highest BCUT2D eigenvalue weighted by molar-refractivity contribution is 14.1. The van der Waals surface area contributed by atoms with Gasteiger partial charge in [-0.15, -0.1) is 0 Å². The van der Waals surface area contributed by atoms with Crippen LogP contribution < -0.4 is 10.1 Å². The number of rotatable bonds is 4. The molecule has 0 radical (unpaired) electrons. The summed E-state index contributed by atoms with van der Waals surface area (Å²) < 4.78 is 6.26. The predicted octanol–water partition coefficient (Wildman–Crippen LogP) is 3.93. The summed E-state index contributed by atoms with van der Waals surface area (Å²) >= 11 is 2.32. The molecular weight excluding hydrogens is 353 g/mol. The summed E-state index contributed by atoms with van der Waals surface area (Å²) in [6.45, 7) is 2.75. The number of aryl methyl sites for hydroxylation is 1. The van der Waals surface area contributed by atoms with Crippen molar-refractivity contribution in [2.45, 2.75) is 13.5 Å². The Morgan fingerprint density at radius 1 is 1.21 bits per heavy atom. The second kappa shape index (κ2) is 6.14. The highest BCUT2D eigenvalue weighted by atomic mass is 127. The third-order valence-corrected chi connectivity index (χ3v) is 4.07. The first kappa shape index (κ1) is 14.0. The molecule has 2 rings (SSSR count). The van der Waals surface area contributed by atoms with E-state index >= 15 is 0 Å². The van der Waals surface area contributed by atoms with Crippen molar-refractivity contribution >= 4 is 28.3 Å². The molecule has 0 aromatic heterocycles. The molecule has 0 fully saturated rings. The van der Waals surface area contributed by atoms with Gasteiger partial charge >= 0.3 is 0 Å². The number of hydrogen-bond donors (Lipinski definition) is 2. The summed E-state index contributed by atoms with van der Waals surface area (Å²) in [7, 11) is 1.54. The van der Waals surface area contributed by atoms with Crippen molar-refractivity contribution in [2.24, 2.45) is 0 Å². The van der Waals surface area contributed by atoms with Crippen LogP contribution in [-0.2, 0) is 6.54 Å². The Morgan fingerprint density at radius 3 is 2.63 bits per heavy atom. The van der Waals surface area contributed by atoms with Crippen LogP contribution in [0.1, 0.15) is 11.1 Å². The van der Waals surface area contributed by atoms with Crippen molar-refractivity contribution in [3.8, 4) is 11.5 Å². The lowest BCUT2D eigenvalue weighted by Gasteiger charge is -2.10. The molecule has 4 heteroatoms. The number of methoxy groups -OCH3 is 1. The van der Waals surface area contributed by atoms with Gasteiger partial charge in [-0.2, -0.15) is 0 Å². The van der Waals surface area contributed by atoms with Crippen LogP contribution in [0.15, 0.2) is 36.4 Å². The smallest absolute Gasteiger partial charge is 0.160 e. The molecule has 0 aliphatic heterocycles. The van der Waals surface area contributed by atoms with E-state index in [4.69, 9.17) is 4.74 Å². The van der Waals surface area contributed by atoms with Gasteiger partial charge in [0.2, 0.25) is 0 Å². The number of ether oxygens (including phenoxy) is 1. The van der Waals surface area contributed by atoms with Crippen LogP contribution in [-0.4, -0.2) is 12.2 Å². The summed E-state index contributed by atoms with van der Waals surface area (Å²) in [4.78, 5) is 0. The van der Waals surface area contributed by atoms with E-state index in [0.29, 0.717) is 12.3 Å². The summed E-state index contributed by atoms with van der Waals surface area (Å²) in [5, 5.41) is 13.1. The van der Waals surface area contributed by atoms with E-state index in [-0.39, 0.29) is 5.75 Å². The first-order valence-corrected chi connectivity index (χ1v) is 7.04. The molecule has 0 saturated heterocycles. The second-order valence-electron chi connectivity index (χ2n) is 4.32. The van der Waals surface area contributed by atoms with Gasteiger partial charge in [0.05, 0.1) is 7.11 Å². The highest BCUT2D eigenvalue weighted by Gasteiger charge is 2.03. The molecule has 0 aliphatic carbocycles. The maximum absolute atomic E-state index is 9.72. The number of benzene rings is 2. The largest absolute Gasteiger partial charge is 0.504 e. The third kappa shape index (κ3) is 3.53. The summed E-state index contributed by atoms with van der Waals surface area (Å²) in [5.74, 6) is 0.661. The number of phenols is 1. The zero-order valence-corrected chi connectivity index (χ0v) is 13.1. The maximum atomic E-state index is 9.72. The van der Waals surface area contributed by atoms with Crippen LogP contribution in [0.4, 0.5) is 5.69 Å². The fraction of sp³-hybridized carbons (Fsp3) is 0.200. The Balaban J connectivity index is 2.05. The van der Waals surface area contributed by atoms with E-state index < -0.39 is 0 Å². The van der Waals surface area contributed by atoms with Gasteiger partial charge in [0, 0.05) is 15.8 Å². The number of hydrogen-bond acceptors (Lipinski definition) is 3. The number of phenolic OH excluding ortho intramolecular Hbond substituents is 1. The molecule has 2 aromatic rings. The van der Waals surface area contributed by atoms with E-state index in [1.165, 1.54) is 9.13 Å². The number of anilines is 1. The molecule has 0 saturated carbocycles. The van der Waals surface area contributed by atoms with Gasteiger partial charge in [0.25, 0.3) is 0 Å². The molecule has 0 bridgehead atoms. The third-order valence-electron chi connectivity index (χ3n) is 2.91. The summed E-state index contributed by atoms with van der Waals surface area (Å²) in [6, 6.07) is 11.7. The van der Waals surface area contributed by atoms with Gasteiger partial charge in [0.15, 0.2) is 11.5 Å². The van der Waals surface area contributed by atoms with Crippen LogP contribution in [0, 0.1) is 10.5 Å². The molecule has 0 amide bonds. The first-order chi connectivity index (χ1) is 9.10. The fourth-order valence-corrected chi connectivity index (χ4v) is 2.27. The highest BCUT2D eigenvalue weighted by Crippen LogP contribution is 2.26. The zero-order valence-electron chi connectivity index (χ0n) is 10.9. The van der Waals surface area contributed by atoms with Crippen molar-refractivity contribution in [2.75, 3.05) is 12.4 Å². The van der Waals surface area contributed by atoms with E-state index in [2.05, 4.69) is 53.0 Å². The minimum Gasteiger partial charge on any atom is -0.504 e. The lowest BCUT2D eigenvalue weighted by atomic mass is 10.2. The quantitative estimate of drug-likeness (QED) is 0.803. The lowest BCUT2D eigenvalue weighted by molar-refractivity contribution is 0.373. The molecule has 0 atom stereocenters. The number of aromatic hydroxyl groups is 1. The van der Waals surface area contributed by atoms with E-state index in [9.17, 15) is 5.11 Å². The topological polar surface area (TPSA) is 41.5 Å². The van der Waals surface area contributed by atoms with Gasteiger partial charge in [-0.05, 0) is 64.9 Å². The van der Waals surface area contributed by atoms with Crippen LogP contribution in [0.25, 0.3) is 0 Å². The Labute approximate surface area is 126 Å². The fourth-order valence-electron chi connectivity index (χ4n) is 1.75. The minimum absolute atomic E-state index is 0.167. The Kier molecular flexibility index (Phi) is 4.52. The van der Waals surface area contributed by atoms with E-state index in [1.807, 2.05) is 6.07 Å². The zero-order chi connectivity index (χ0) is 13.8. The average Bonchev–Trinajstić information content (AvgIpc) is 2.40. The molecule has 2 aromatic carbocycles. The molecule has 0 heterocycles. The van der Waals surface area contributed by atoms with Gasteiger partial charge in [-0.25, -0.2) is 0 Å². The maximum Gasteiger partial charge on any atom is 0.160 e. The molecule has 100 valence electrons. The van der Waals surface area contributed by atoms with Crippen molar-refractivity contribution < 1.29 is 9.84 Å². The molecule has 0 aliphatic rings. The van der Waals surface area contributed by atoms with E-state index in [1.54, 1.807) is 19.2 Å². The number of halogens is 1. The van der Waals surface area contributed by atoms with Crippen molar-refractivity contribution in [1.82, 2.24) is 0 Å². The minimum atomic E-state index is 0.167. The van der Waals surface area contributed by atoms with Crippen LogP contribution in [0.2, 0.25) is 0 Å². The van der Waals surface area contributed by atoms with Crippen molar-refractivity contribution in [3.63, 3.8) is 0 Å². The number of nitrogens with one attached hydrogen (secondary N) is 1. The van der Waals surface area contributed by atoms with Crippen LogP contribution in [0.5, 0.6) is 11.5 Å². The molecule has 3 nitrogen and oxygen atoms in total. The lowest BCUT2D eigenvalue weighted by Crippen LogP contribution is -2.00. The van der Waals surface area contributed by atoms with Gasteiger partial charge in [-0.3, -0.25) is 0 Å².